The molecule has 1 amide bonds. The van der Waals surface area contributed by atoms with E-state index >= 15 is 0 Å². The molecule has 0 unspecified atom stereocenters. The normalized spacial score (nSPS) is 14.4. The number of carbonyl (C=O) groups excluding carboxylic acids is 1. The third kappa shape index (κ3) is 5.11. The molecule has 1 aromatic heterocycles. The predicted octanol–water partition coefficient (Wildman–Crippen LogP) is 3.55. The average molecular weight is 374 g/mol. The van der Waals surface area contributed by atoms with Crippen LogP contribution in [0.4, 0.5) is 5.82 Å². The minimum absolute atomic E-state index is 0.196. The molecule has 2 aromatic rings. The highest BCUT2D eigenvalue weighted by molar-refractivity contribution is 6.30. The molecule has 6 heteroatoms. The number of rotatable bonds is 6. The summed E-state index contributed by atoms with van der Waals surface area (Å²) in [5, 5.41) is 0.635. The summed E-state index contributed by atoms with van der Waals surface area (Å²) in [6.07, 6.45) is 2.90. The first-order valence-corrected chi connectivity index (χ1v) is 9.33. The van der Waals surface area contributed by atoms with Crippen LogP contribution in [0, 0.1) is 6.92 Å². The van der Waals surface area contributed by atoms with Crippen molar-refractivity contribution in [2.45, 2.75) is 19.8 Å². The maximum Gasteiger partial charge on any atom is 0.222 e. The molecular formula is C20H24ClN3O2. The van der Waals surface area contributed by atoms with Gasteiger partial charge in [0.15, 0.2) is 0 Å². The van der Waals surface area contributed by atoms with E-state index in [9.17, 15) is 4.79 Å². The lowest BCUT2D eigenvalue weighted by molar-refractivity contribution is -0.131. The maximum absolute atomic E-state index is 12.4. The van der Waals surface area contributed by atoms with Crippen molar-refractivity contribution in [1.29, 1.82) is 0 Å². The molecule has 1 aliphatic heterocycles. The molecule has 1 aliphatic rings. The third-order valence-corrected chi connectivity index (χ3v) is 4.68. The van der Waals surface area contributed by atoms with Crippen molar-refractivity contribution in [1.82, 2.24) is 9.88 Å². The second kappa shape index (κ2) is 8.90. The summed E-state index contributed by atoms with van der Waals surface area (Å²) in [6, 6.07) is 11.7. The maximum atomic E-state index is 12.4. The molecule has 0 bridgehead atoms. The van der Waals surface area contributed by atoms with E-state index in [0.717, 1.165) is 44.2 Å². The molecule has 3 rings (SSSR count). The van der Waals surface area contributed by atoms with Gasteiger partial charge in [-0.25, -0.2) is 4.98 Å². The average Bonchev–Trinajstić information content (AvgIpc) is 2.66. The lowest BCUT2D eigenvalue weighted by Gasteiger charge is -2.35. The first-order chi connectivity index (χ1) is 12.6. The summed E-state index contributed by atoms with van der Waals surface area (Å²) in [5.74, 6) is 1.97. The topological polar surface area (TPSA) is 45.7 Å². The van der Waals surface area contributed by atoms with E-state index in [1.807, 2.05) is 48.2 Å². The number of benzene rings is 1. The molecular weight excluding hydrogens is 350 g/mol. The fourth-order valence-electron chi connectivity index (χ4n) is 3.02. The summed E-state index contributed by atoms with van der Waals surface area (Å²) in [5.41, 5.74) is 1.17. The van der Waals surface area contributed by atoms with Gasteiger partial charge in [0.2, 0.25) is 5.91 Å². The molecule has 138 valence electrons. The Kier molecular flexibility index (Phi) is 6.34. The van der Waals surface area contributed by atoms with Crippen LogP contribution in [0.5, 0.6) is 5.75 Å². The summed E-state index contributed by atoms with van der Waals surface area (Å²) < 4.78 is 5.71. The van der Waals surface area contributed by atoms with Gasteiger partial charge in [-0.15, -0.1) is 0 Å². The van der Waals surface area contributed by atoms with E-state index in [-0.39, 0.29) is 5.91 Å². The van der Waals surface area contributed by atoms with Crippen molar-refractivity contribution in [2.24, 2.45) is 0 Å². The predicted molar refractivity (Wildman–Crippen MR) is 104 cm³/mol. The first-order valence-electron chi connectivity index (χ1n) is 8.95. The molecule has 0 atom stereocenters. The fourth-order valence-corrected chi connectivity index (χ4v) is 3.13. The number of hydrogen-bond donors (Lipinski definition) is 0. The monoisotopic (exact) mass is 373 g/mol. The van der Waals surface area contributed by atoms with E-state index in [1.165, 1.54) is 5.56 Å². The molecule has 5 nitrogen and oxygen atoms in total. The van der Waals surface area contributed by atoms with Gasteiger partial charge in [-0.05, 0) is 43.2 Å². The number of pyridine rings is 1. The third-order valence-electron chi connectivity index (χ3n) is 4.46. The second-order valence-electron chi connectivity index (χ2n) is 6.47. The van der Waals surface area contributed by atoms with E-state index in [1.54, 1.807) is 6.20 Å². The van der Waals surface area contributed by atoms with Crippen LogP contribution in [0.2, 0.25) is 5.02 Å². The minimum atomic E-state index is 0.196. The zero-order valence-electron chi connectivity index (χ0n) is 15.0. The highest BCUT2D eigenvalue weighted by atomic mass is 35.5. The zero-order chi connectivity index (χ0) is 18.4. The Labute approximate surface area is 159 Å². The standard InChI is InChI=1S/C20H24ClN3O2/c1-16-4-2-5-18(14-16)26-13-3-6-20(25)24-11-9-23(10-12-24)19-8-7-17(21)15-22-19/h2,4-5,7-8,14-15H,3,6,9-13H2,1H3. The van der Waals surface area contributed by atoms with Gasteiger partial charge in [-0.1, -0.05) is 23.7 Å². The van der Waals surface area contributed by atoms with Gasteiger partial charge < -0.3 is 14.5 Å². The van der Waals surface area contributed by atoms with Crippen molar-refractivity contribution < 1.29 is 9.53 Å². The second-order valence-corrected chi connectivity index (χ2v) is 6.91. The van der Waals surface area contributed by atoms with E-state index in [4.69, 9.17) is 16.3 Å². The number of aryl methyl sites for hydroxylation is 1. The Hall–Kier alpha value is -2.27. The van der Waals surface area contributed by atoms with E-state index < -0.39 is 0 Å². The van der Waals surface area contributed by atoms with Crippen LogP contribution >= 0.6 is 11.6 Å². The van der Waals surface area contributed by atoms with Crippen molar-refractivity contribution in [3.63, 3.8) is 0 Å². The van der Waals surface area contributed by atoms with Crippen LogP contribution in [0.25, 0.3) is 0 Å². The van der Waals surface area contributed by atoms with Gasteiger partial charge in [0.1, 0.15) is 11.6 Å². The van der Waals surface area contributed by atoms with Gasteiger partial charge in [0, 0.05) is 38.8 Å². The molecule has 0 N–H and O–H groups in total. The largest absolute Gasteiger partial charge is 0.494 e. The van der Waals surface area contributed by atoms with Crippen molar-refractivity contribution in [2.75, 3.05) is 37.7 Å². The van der Waals surface area contributed by atoms with Crippen LogP contribution < -0.4 is 9.64 Å². The lowest BCUT2D eigenvalue weighted by atomic mass is 10.2. The number of ether oxygens (including phenoxy) is 1. The summed E-state index contributed by atoms with van der Waals surface area (Å²) in [6.45, 7) is 5.63. The van der Waals surface area contributed by atoms with Crippen molar-refractivity contribution >= 4 is 23.3 Å². The highest BCUT2D eigenvalue weighted by Gasteiger charge is 2.21. The number of piperazine rings is 1. The van der Waals surface area contributed by atoms with Crippen LogP contribution in [-0.4, -0.2) is 48.6 Å². The molecule has 1 fully saturated rings. The van der Waals surface area contributed by atoms with Crippen LogP contribution in [0.3, 0.4) is 0 Å². The minimum Gasteiger partial charge on any atom is -0.494 e. The highest BCUT2D eigenvalue weighted by Crippen LogP contribution is 2.17. The molecule has 0 spiro atoms. The van der Waals surface area contributed by atoms with Crippen LogP contribution in [-0.2, 0) is 4.79 Å². The van der Waals surface area contributed by atoms with Crippen LogP contribution in [0.15, 0.2) is 42.6 Å². The van der Waals surface area contributed by atoms with Crippen LogP contribution in [0.1, 0.15) is 18.4 Å². The molecule has 0 aliphatic carbocycles. The van der Waals surface area contributed by atoms with Gasteiger partial charge in [0.25, 0.3) is 0 Å². The molecule has 1 aromatic carbocycles. The summed E-state index contributed by atoms with van der Waals surface area (Å²) >= 11 is 5.88. The van der Waals surface area contributed by atoms with Gasteiger partial charge in [-0.2, -0.15) is 0 Å². The SMILES string of the molecule is Cc1cccc(OCCCC(=O)N2CCN(c3ccc(Cl)cn3)CC2)c1. The van der Waals surface area contributed by atoms with Gasteiger partial charge >= 0.3 is 0 Å². The Bertz CT molecular complexity index is 728. The van der Waals surface area contributed by atoms with Crippen molar-refractivity contribution in [3.8, 4) is 5.75 Å². The Morgan fingerprint density at radius 2 is 2.00 bits per heavy atom. The molecule has 2 heterocycles. The van der Waals surface area contributed by atoms with Gasteiger partial charge in [-0.3, -0.25) is 4.79 Å². The Morgan fingerprint density at radius 1 is 1.19 bits per heavy atom. The number of halogens is 1. The van der Waals surface area contributed by atoms with E-state index in [0.29, 0.717) is 18.1 Å². The van der Waals surface area contributed by atoms with Gasteiger partial charge in [0.05, 0.1) is 11.6 Å². The van der Waals surface area contributed by atoms with E-state index in [2.05, 4.69) is 9.88 Å². The zero-order valence-corrected chi connectivity index (χ0v) is 15.8. The number of amides is 1. The number of hydrogen-bond acceptors (Lipinski definition) is 4. The number of aromatic nitrogens is 1. The Morgan fingerprint density at radius 3 is 2.69 bits per heavy atom. The lowest BCUT2D eigenvalue weighted by Crippen LogP contribution is -2.49. The fraction of sp³-hybridized carbons (Fsp3) is 0.400. The molecule has 0 saturated carbocycles. The smallest absolute Gasteiger partial charge is 0.222 e. The quantitative estimate of drug-likeness (QED) is 0.726. The molecule has 0 radical (unpaired) electrons. The summed E-state index contributed by atoms with van der Waals surface area (Å²) in [4.78, 5) is 20.8. The number of anilines is 1. The Balaban J connectivity index is 1.37. The first kappa shape index (κ1) is 18.5. The molecule has 1 saturated heterocycles. The summed E-state index contributed by atoms with van der Waals surface area (Å²) in [7, 11) is 0. The number of carbonyl (C=O) groups is 1. The number of nitrogens with zero attached hydrogens (tertiary/aromatic N) is 3. The van der Waals surface area contributed by atoms with Crippen molar-refractivity contribution in [3.05, 3.63) is 53.2 Å². The molecule has 26 heavy (non-hydrogen) atoms.